The Morgan fingerprint density at radius 2 is 1.83 bits per heavy atom. The van der Waals surface area contributed by atoms with Crippen LogP contribution in [0.4, 0.5) is 11.5 Å². The standard InChI is InChI=1S/C23H18ClN3O2/c1-14-7-9-19(18(24)11-14)26-23-17(12-16-5-3-4-6-20(16)29-23)22(28)27-21-10-8-15(2)13-25-21/h3-13H,1-2H3,(H,25,27,28). The van der Waals surface area contributed by atoms with Crippen molar-refractivity contribution < 1.29 is 9.21 Å². The van der Waals surface area contributed by atoms with Crippen molar-refractivity contribution in [3.05, 3.63) is 94.1 Å². The van der Waals surface area contributed by atoms with Crippen LogP contribution in [0.3, 0.4) is 0 Å². The Hall–Kier alpha value is -3.44. The van der Waals surface area contributed by atoms with Gasteiger partial charge in [0.15, 0.2) is 0 Å². The first kappa shape index (κ1) is 18.9. The Morgan fingerprint density at radius 3 is 2.59 bits per heavy atom. The number of anilines is 1. The van der Waals surface area contributed by atoms with Crippen LogP contribution >= 0.6 is 11.6 Å². The average Bonchev–Trinajstić information content (AvgIpc) is 2.71. The van der Waals surface area contributed by atoms with E-state index in [1.54, 1.807) is 24.4 Å². The zero-order valence-electron chi connectivity index (χ0n) is 15.9. The van der Waals surface area contributed by atoms with Gasteiger partial charge >= 0.3 is 0 Å². The van der Waals surface area contributed by atoms with E-state index in [1.807, 2.05) is 56.3 Å². The Morgan fingerprint density at radius 1 is 1.03 bits per heavy atom. The van der Waals surface area contributed by atoms with Crippen molar-refractivity contribution >= 4 is 40.0 Å². The van der Waals surface area contributed by atoms with Gasteiger partial charge in [-0.3, -0.25) is 4.79 Å². The minimum atomic E-state index is -0.363. The van der Waals surface area contributed by atoms with Gasteiger partial charge in [-0.2, -0.15) is 0 Å². The van der Waals surface area contributed by atoms with Crippen molar-refractivity contribution in [3.63, 3.8) is 0 Å². The molecule has 4 aromatic rings. The molecule has 2 aromatic carbocycles. The minimum absolute atomic E-state index is 0.180. The average molecular weight is 404 g/mol. The molecule has 1 N–H and O–H groups in total. The van der Waals surface area contributed by atoms with E-state index in [4.69, 9.17) is 16.0 Å². The number of amides is 1. The van der Waals surface area contributed by atoms with E-state index in [-0.39, 0.29) is 11.5 Å². The summed E-state index contributed by atoms with van der Waals surface area (Å²) >= 11 is 6.33. The van der Waals surface area contributed by atoms with Crippen molar-refractivity contribution in [2.75, 3.05) is 5.32 Å². The summed E-state index contributed by atoms with van der Waals surface area (Å²) in [7, 11) is 0. The second kappa shape index (κ2) is 7.89. The highest BCUT2D eigenvalue weighted by Gasteiger charge is 2.14. The monoisotopic (exact) mass is 403 g/mol. The lowest BCUT2D eigenvalue weighted by Crippen LogP contribution is -2.22. The molecule has 0 fully saturated rings. The highest BCUT2D eigenvalue weighted by atomic mass is 35.5. The summed E-state index contributed by atoms with van der Waals surface area (Å²) in [4.78, 5) is 21.7. The van der Waals surface area contributed by atoms with Gasteiger partial charge in [-0.1, -0.05) is 41.9 Å². The van der Waals surface area contributed by atoms with E-state index in [0.29, 0.717) is 27.7 Å². The van der Waals surface area contributed by atoms with Crippen LogP contribution in [0.5, 0.6) is 0 Å². The molecule has 2 heterocycles. The third kappa shape index (κ3) is 4.20. The van der Waals surface area contributed by atoms with E-state index in [1.165, 1.54) is 0 Å². The number of carbonyl (C=O) groups is 1. The summed E-state index contributed by atoms with van der Waals surface area (Å²) in [6, 6.07) is 18.4. The molecule has 0 aliphatic heterocycles. The maximum Gasteiger partial charge on any atom is 0.262 e. The molecule has 0 aliphatic carbocycles. The van der Waals surface area contributed by atoms with Crippen LogP contribution < -0.4 is 10.9 Å². The first-order chi connectivity index (χ1) is 14.0. The number of halogens is 1. The van der Waals surface area contributed by atoms with Crippen molar-refractivity contribution in [1.82, 2.24) is 4.98 Å². The van der Waals surface area contributed by atoms with Gasteiger partial charge in [0.1, 0.15) is 17.0 Å². The highest BCUT2D eigenvalue weighted by molar-refractivity contribution is 6.33. The predicted octanol–water partition coefficient (Wildman–Crippen LogP) is 5.58. The number of aromatic nitrogens is 1. The lowest BCUT2D eigenvalue weighted by Gasteiger charge is -2.07. The van der Waals surface area contributed by atoms with E-state index >= 15 is 0 Å². The summed E-state index contributed by atoms with van der Waals surface area (Å²) in [6.07, 6.45) is 1.69. The number of pyridine rings is 1. The molecule has 29 heavy (non-hydrogen) atoms. The molecule has 0 saturated carbocycles. The molecular weight excluding hydrogens is 386 g/mol. The van der Waals surface area contributed by atoms with Crippen LogP contribution in [0, 0.1) is 13.8 Å². The fraction of sp³-hybridized carbons (Fsp3) is 0.0870. The number of para-hydroxylation sites is 1. The first-order valence-corrected chi connectivity index (χ1v) is 9.45. The van der Waals surface area contributed by atoms with Crippen molar-refractivity contribution in [1.29, 1.82) is 0 Å². The molecule has 144 valence electrons. The van der Waals surface area contributed by atoms with Gasteiger partial charge < -0.3 is 9.73 Å². The number of fused-ring (bicyclic) bond motifs is 1. The third-order valence-electron chi connectivity index (χ3n) is 4.38. The van der Waals surface area contributed by atoms with Crippen LogP contribution in [0.15, 0.2) is 76.3 Å². The summed E-state index contributed by atoms with van der Waals surface area (Å²) in [6.45, 7) is 3.88. The molecular formula is C23H18ClN3O2. The number of hydrogen-bond donors (Lipinski definition) is 1. The number of nitrogens with zero attached hydrogens (tertiary/aromatic N) is 2. The summed E-state index contributed by atoms with van der Waals surface area (Å²) in [5.41, 5.74) is 3.65. The topological polar surface area (TPSA) is 67.5 Å². The largest absolute Gasteiger partial charge is 0.438 e. The number of benzene rings is 2. The van der Waals surface area contributed by atoms with E-state index in [2.05, 4.69) is 15.3 Å². The number of rotatable bonds is 3. The molecule has 0 atom stereocenters. The predicted molar refractivity (Wildman–Crippen MR) is 115 cm³/mol. The molecule has 1 amide bonds. The summed E-state index contributed by atoms with van der Waals surface area (Å²) in [5, 5.41) is 4.08. The molecule has 0 bridgehead atoms. The van der Waals surface area contributed by atoms with Gasteiger partial charge in [-0.05, 0) is 55.3 Å². The first-order valence-electron chi connectivity index (χ1n) is 9.07. The van der Waals surface area contributed by atoms with Crippen molar-refractivity contribution in [3.8, 4) is 0 Å². The van der Waals surface area contributed by atoms with Crippen LogP contribution in [-0.4, -0.2) is 10.9 Å². The molecule has 0 radical (unpaired) electrons. The molecule has 0 unspecified atom stereocenters. The Kier molecular flexibility index (Phi) is 5.14. The van der Waals surface area contributed by atoms with E-state index in [0.717, 1.165) is 16.5 Å². The van der Waals surface area contributed by atoms with Gasteiger partial charge in [0.2, 0.25) is 5.55 Å². The molecule has 5 nitrogen and oxygen atoms in total. The fourth-order valence-electron chi connectivity index (χ4n) is 2.85. The Labute approximate surface area is 172 Å². The maximum atomic E-state index is 13.0. The Balaban J connectivity index is 1.84. The van der Waals surface area contributed by atoms with E-state index in [9.17, 15) is 4.79 Å². The fourth-order valence-corrected chi connectivity index (χ4v) is 3.13. The zero-order valence-corrected chi connectivity index (χ0v) is 16.7. The lowest BCUT2D eigenvalue weighted by molar-refractivity contribution is 0.102. The molecule has 0 spiro atoms. The van der Waals surface area contributed by atoms with Gasteiger partial charge in [-0.15, -0.1) is 0 Å². The molecule has 4 rings (SSSR count). The quantitative estimate of drug-likeness (QED) is 0.485. The lowest BCUT2D eigenvalue weighted by atomic mass is 10.1. The van der Waals surface area contributed by atoms with Crippen molar-refractivity contribution in [2.45, 2.75) is 13.8 Å². The highest BCUT2D eigenvalue weighted by Crippen LogP contribution is 2.25. The molecule has 0 aliphatic rings. The molecule has 6 heteroatoms. The normalized spacial score (nSPS) is 11.6. The molecule has 0 saturated heterocycles. The van der Waals surface area contributed by atoms with Gasteiger partial charge in [0.25, 0.3) is 5.91 Å². The van der Waals surface area contributed by atoms with Crippen LogP contribution in [0.1, 0.15) is 21.5 Å². The van der Waals surface area contributed by atoms with Gasteiger partial charge in [0, 0.05) is 11.6 Å². The van der Waals surface area contributed by atoms with Gasteiger partial charge in [0.05, 0.1) is 10.7 Å². The number of hydrogen-bond acceptors (Lipinski definition) is 4. The van der Waals surface area contributed by atoms with Crippen LogP contribution in [-0.2, 0) is 0 Å². The summed E-state index contributed by atoms with van der Waals surface area (Å²) < 4.78 is 5.95. The second-order valence-electron chi connectivity index (χ2n) is 6.74. The SMILES string of the molecule is Cc1ccc(NC(=O)c2cc3ccccc3oc2=Nc2ccc(C)cc2Cl)nc1. The van der Waals surface area contributed by atoms with Crippen LogP contribution in [0.2, 0.25) is 5.02 Å². The third-order valence-corrected chi connectivity index (χ3v) is 4.68. The smallest absolute Gasteiger partial charge is 0.262 e. The second-order valence-corrected chi connectivity index (χ2v) is 7.15. The van der Waals surface area contributed by atoms with Crippen LogP contribution in [0.25, 0.3) is 11.0 Å². The van der Waals surface area contributed by atoms with E-state index < -0.39 is 0 Å². The number of aryl methyl sites for hydroxylation is 2. The van der Waals surface area contributed by atoms with Gasteiger partial charge in [-0.25, -0.2) is 9.98 Å². The van der Waals surface area contributed by atoms with Crippen molar-refractivity contribution in [2.24, 2.45) is 4.99 Å². The zero-order chi connectivity index (χ0) is 20.4. The minimum Gasteiger partial charge on any atom is -0.438 e. The Bertz CT molecular complexity index is 1280. The summed E-state index contributed by atoms with van der Waals surface area (Å²) in [5.74, 6) is 0.0888. The molecule has 2 aromatic heterocycles. The maximum absolute atomic E-state index is 13.0. The number of carbonyl (C=O) groups excluding carboxylic acids is 1. The number of nitrogens with one attached hydrogen (secondary N) is 1.